The van der Waals surface area contributed by atoms with E-state index in [-0.39, 0.29) is 42.0 Å². The van der Waals surface area contributed by atoms with Crippen LogP contribution in [0.4, 0.5) is 0 Å². The predicted molar refractivity (Wildman–Crippen MR) is 125 cm³/mol. The van der Waals surface area contributed by atoms with Gasteiger partial charge in [0, 0.05) is 25.7 Å². The highest BCUT2D eigenvalue weighted by atomic mass is 127. The number of nitrogens with zero attached hydrogens (tertiary/aromatic N) is 2. The number of amides is 1. The molecule has 6 nitrogen and oxygen atoms in total. The summed E-state index contributed by atoms with van der Waals surface area (Å²) in [5.41, 5.74) is 2.31. The van der Waals surface area contributed by atoms with Crippen LogP contribution >= 0.6 is 24.0 Å². The second-order valence-electron chi connectivity index (χ2n) is 7.31. The standard InChI is InChI=1S/C20H35N5O.HI/c1-7-25(8-2)15-17-12-10-9-11-16(17)13-22-19(21-6)23-14-18(26)24-20(3,4)5;/h9-12H,7-8,13-15H2,1-6H3,(H,24,26)(H2,21,22,23);1H. The Balaban J connectivity index is 0.00000676. The molecule has 0 aliphatic carbocycles. The number of hydrogen-bond donors (Lipinski definition) is 3. The fraction of sp³-hybridized carbons (Fsp3) is 0.600. The van der Waals surface area contributed by atoms with E-state index in [4.69, 9.17) is 0 Å². The van der Waals surface area contributed by atoms with Gasteiger partial charge in [-0.15, -0.1) is 24.0 Å². The van der Waals surface area contributed by atoms with Gasteiger partial charge in [-0.2, -0.15) is 0 Å². The van der Waals surface area contributed by atoms with Gasteiger partial charge in [-0.05, 0) is 45.0 Å². The van der Waals surface area contributed by atoms with Crippen molar-refractivity contribution in [3.63, 3.8) is 0 Å². The molecule has 3 N–H and O–H groups in total. The third-order valence-electron chi connectivity index (χ3n) is 4.01. The zero-order chi connectivity index (χ0) is 19.6. The van der Waals surface area contributed by atoms with E-state index in [1.54, 1.807) is 7.05 Å². The molecule has 0 radical (unpaired) electrons. The number of benzene rings is 1. The van der Waals surface area contributed by atoms with Crippen LogP contribution in [0.2, 0.25) is 0 Å². The van der Waals surface area contributed by atoms with E-state index in [1.165, 1.54) is 11.1 Å². The van der Waals surface area contributed by atoms with Crippen LogP contribution in [0.25, 0.3) is 0 Å². The first-order valence-electron chi connectivity index (χ1n) is 9.33. The Bertz CT molecular complexity index is 594. The third-order valence-corrected chi connectivity index (χ3v) is 4.01. The number of carbonyl (C=O) groups is 1. The van der Waals surface area contributed by atoms with Crippen LogP contribution < -0.4 is 16.0 Å². The maximum atomic E-state index is 11.9. The van der Waals surface area contributed by atoms with Crippen molar-refractivity contribution < 1.29 is 4.79 Å². The second-order valence-corrected chi connectivity index (χ2v) is 7.31. The highest BCUT2D eigenvalue weighted by Gasteiger charge is 2.14. The van der Waals surface area contributed by atoms with Crippen molar-refractivity contribution in [3.05, 3.63) is 35.4 Å². The highest BCUT2D eigenvalue weighted by Crippen LogP contribution is 2.11. The molecule has 0 fully saturated rings. The monoisotopic (exact) mass is 489 g/mol. The zero-order valence-electron chi connectivity index (χ0n) is 17.6. The first kappa shape index (κ1) is 25.6. The summed E-state index contributed by atoms with van der Waals surface area (Å²) in [6, 6.07) is 8.43. The molecule has 1 rings (SSSR count). The average Bonchev–Trinajstić information content (AvgIpc) is 2.59. The van der Waals surface area contributed by atoms with Gasteiger partial charge >= 0.3 is 0 Å². The molecule has 0 aromatic heterocycles. The summed E-state index contributed by atoms with van der Waals surface area (Å²) in [5.74, 6) is 0.564. The largest absolute Gasteiger partial charge is 0.352 e. The summed E-state index contributed by atoms with van der Waals surface area (Å²) in [4.78, 5) is 18.5. The molecule has 0 saturated heterocycles. The van der Waals surface area contributed by atoms with Crippen molar-refractivity contribution in [2.75, 3.05) is 26.7 Å². The van der Waals surface area contributed by atoms with E-state index in [1.807, 2.05) is 20.8 Å². The Morgan fingerprint density at radius 2 is 1.67 bits per heavy atom. The molecule has 1 aromatic carbocycles. The minimum absolute atomic E-state index is 0. The van der Waals surface area contributed by atoms with Crippen molar-refractivity contribution >= 4 is 35.8 Å². The lowest BCUT2D eigenvalue weighted by molar-refractivity contribution is -0.121. The number of guanidine groups is 1. The van der Waals surface area contributed by atoms with Crippen LogP contribution in [0.3, 0.4) is 0 Å². The maximum Gasteiger partial charge on any atom is 0.239 e. The lowest BCUT2D eigenvalue weighted by Gasteiger charge is -2.22. The molecule has 0 aliphatic heterocycles. The molecule has 0 unspecified atom stereocenters. The fourth-order valence-electron chi connectivity index (χ4n) is 2.60. The summed E-state index contributed by atoms with van der Waals surface area (Å²) >= 11 is 0. The number of aliphatic imine (C=N–C) groups is 1. The first-order valence-corrected chi connectivity index (χ1v) is 9.33. The SMILES string of the molecule is CCN(CC)Cc1ccccc1CNC(=NC)NCC(=O)NC(C)(C)C.I. The molecule has 0 bridgehead atoms. The fourth-order valence-corrected chi connectivity index (χ4v) is 2.60. The Morgan fingerprint density at radius 3 is 2.19 bits per heavy atom. The van der Waals surface area contributed by atoms with Crippen LogP contribution in [0.1, 0.15) is 45.7 Å². The highest BCUT2D eigenvalue weighted by molar-refractivity contribution is 14.0. The van der Waals surface area contributed by atoms with Crippen molar-refractivity contribution in [1.82, 2.24) is 20.9 Å². The summed E-state index contributed by atoms with van der Waals surface area (Å²) in [6.07, 6.45) is 0. The molecule has 0 atom stereocenters. The molecular weight excluding hydrogens is 453 g/mol. The van der Waals surface area contributed by atoms with Gasteiger partial charge in [-0.1, -0.05) is 38.1 Å². The van der Waals surface area contributed by atoms with E-state index in [0.717, 1.165) is 19.6 Å². The molecule has 7 heteroatoms. The summed E-state index contributed by atoms with van der Waals surface area (Å²) in [5, 5.41) is 9.28. The molecule has 1 amide bonds. The van der Waals surface area contributed by atoms with Crippen molar-refractivity contribution in [2.24, 2.45) is 4.99 Å². The van der Waals surface area contributed by atoms with Gasteiger partial charge in [0.15, 0.2) is 5.96 Å². The topological polar surface area (TPSA) is 68.8 Å². The van der Waals surface area contributed by atoms with E-state index in [2.05, 4.69) is 64.0 Å². The molecule has 154 valence electrons. The van der Waals surface area contributed by atoms with E-state index in [9.17, 15) is 4.79 Å². The quantitative estimate of drug-likeness (QED) is 0.299. The van der Waals surface area contributed by atoms with Crippen LogP contribution in [0.5, 0.6) is 0 Å². The number of hydrogen-bond acceptors (Lipinski definition) is 3. The van der Waals surface area contributed by atoms with Crippen molar-refractivity contribution in [3.8, 4) is 0 Å². The Hall–Kier alpha value is -1.35. The Labute approximate surface area is 181 Å². The molecular formula is C20H36IN5O. The maximum absolute atomic E-state index is 11.9. The van der Waals surface area contributed by atoms with Gasteiger partial charge in [0.1, 0.15) is 0 Å². The summed E-state index contributed by atoms with van der Waals surface area (Å²) in [6.45, 7) is 14.1. The van der Waals surface area contributed by atoms with Gasteiger partial charge < -0.3 is 16.0 Å². The first-order chi connectivity index (χ1) is 12.3. The number of rotatable bonds is 8. The second kappa shape index (κ2) is 12.9. The zero-order valence-corrected chi connectivity index (χ0v) is 19.9. The van der Waals surface area contributed by atoms with Crippen molar-refractivity contribution in [2.45, 2.75) is 53.2 Å². The molecule has 27 heavy (non-hydrogen) atoms. The smallest absolute Gasteiger partial charge is 0.239 e. The Kier molecular flexibility index (Phi) is 12.3. The number of nitrogens with one attached hydrogen (secondary N) is 3. The molecule has 0 aliphatic rings. The average molecular weight is 489 g/mol. The van der Waals surface area contributed by atoms with Crippen LogP contribution in [0, 0.1) is 0 Å². The minimum Gasteiger partial charge on any atom is -0.352 e. The third kappa shape index (κ3) is 10.5. The Morgan fingerprint density at radius 1 is 1.07 bits per heavy atom. The van der Waals surface area contributed by atoms with Gasteiger partial charge in [-0.25, -0.2) is 0 Å². The van der Waals surface area contributed by atoms with Crippen LogP contribution in [0.15, 0.2) is 29.3 Å². The lowest BCUT2D eigenvalue weighted by Crippen LogP contribution is -2.48. The number of carbonyl (C=O) groups excluding carboxylic acids is 1. The molecule has 0 saturated carbocycles. The van der Waals surface area contributed by atoms with Crippen LogP contribution in [-0.4, -0.2) is 49.0 Å². The van der Waals surface area contributed by atoms with Gasteiger partial charge in [0.05, 0.1) is 6.54 Å². The molecule has 0 spiro atoms. The minimum atomic E-state index is -0.237. The normalized spacial score (nSPS) is 11.7. The summed E-state index contributed by atoms with van der Waals surface area (Å²) in [7, 11) is 1.71. The van der Waals surface area contributed by atoms with Gasteiger partial charge in [-0.3, -0.25) is 14.7 Å². The van der Waals surface area contributed by atoms with Gasteiger partial charge in [0.2, 0.25) is 5.91 Å². The van der Waals surface area contributed by atoms with Crippen LogP contribution in [-0.2, 0) is 17.9 Å². The van der Waals surface area contributed by atoms with E-state index >= 15 is 0 Å². The summed E-state index contributed by atoms with van der Waals surface area (Å²) < 4.78 is 0. The van der Waals surface area contributed by atoms with E-state index < -0.39 is 0 Å². The molecule has 0 heterocycles. The molecule has 1 aromatic rings. The lowest BCUT2D eigenvalue weighted by atomic mass is 10.1. The van der Waals surface area contributed by atoms with E-state index in [0.29, 0.717) is 12.5 Å². The van der Waals surface area contributed by atoms with Crippen molar-refractivity contribution in [1.29, 1.82) is 0 Å². The van der Waals surface area contributed by atoms with Gasteiger partial charge in [0.25, 0.3) is 0 Å². The number of halogens is 1. The predicted octanol–water partition coefficient (Wildman–Crippen LogP) is 2.73.